The SMILES string of the molecule is CC(C)(Oc1ncc(C2=C/C(=C(/N)C(O)(O)O)N(N)C=C2)cc1F)C(F)(F)F. The zero-order chi connectivity index (χ0) is 21.5. The molecule has 1 aromatic heterocycles. The molecule has 8 nitrogen and oxygen atoms in total. The van der Waals surface area contributed by atoms with Gasteiger partial charge in [-0.25, -0.2) is 15.2 Å². The Labute approximate surface area is 156 Å². The Kier molecular flexibility index (Phi) is 5.45. The van der Waals surface area contributed by atoms with Crippen molar-refractivity contribution in [3.8, 4) is 5.88 Å². The van der Waals surface area contributed by atoms with E-state index in [1.165, 1.54) is 18.4 Å². The van der Waals surface area contributed by atoms with E-state index in [0.717, 1.165) is 31.1 Å². The Hall–Kier alpha value is -2.67. The van der Waals surface area contributed by atoms with Crippen LogP contribution in [0.2, 0.25) is 0 Å². The number of halogens is 4. The number of hydrazine groups is 1. The van der Waals surface area contributed by atoms with Crippen LogP contribution in [-0.4, -0.2) is 43.1 Å². The Morgan fingerprint density at radius 3 is 2.32 bits per heavy atom. The van der Waals surface area contributed by atoms with Crippen LogP contribution in [0.15, 0.2) is 42.0 Å². The van der Waals surface area contributed by atoms with Gasteiger partial charge < -0.3 is 25.8 Å². The highest BCUT2D eigenvalue weighted by molar-refractivity contribution is 5.77. The molecular weight excluding hydrogens is 388 g/mol. The minimum Gasteiger partial charge on any atom is -0.460 e. The van der Waals surface area contributed by atoms with Crippen molar-refractivity contribution < 1.29 is 37.6 Å². The van der Waals surface area contributed by atoms with Crippen LogP contribution in [0, 0.1) is 5.82 Å². The van der Waals surface area contributed by atoms with Crippen LogP contribution < -0.4 is 16.3 Å². The molecular formula is C16H18F4N4O4. The van der Waals surface area contributed by atoms with Gasteiger partial charge in [-0.3, -0.25) is 5.01 Å². The molecule has 2 heterocycles. The maximum atomic E-state index is 14.2. The second-order valence-electron chi connectivity index (χ2n) is 6.38. The number of allylic oxidation sites excluding steroid dienone is 3. The molecule has 1 aromatic rings. The van der Waals surface area contributed by atoms with Crippen LogP contribution in [0.3, 0.4) is 0 Å². The fraction of sp³-hybridized carbons (Fsp3) is 0.312. The summed E-state index contributed by atoms with van der Waals surface area (Å²) in [6.07, 6.45) is 0.0790. The predicted octanol–water partition coefficient (Wildman–Crippen LogP) is 0.828. The largest absolute Gasteiger partial charge is 0.460 e. The number of nitrogens with two attached hydrogens (primary N) is 2. The van der Waals surface area contributed by atoms with E-state index in [9.17, 15) is 32.9 Å². The van der Waals surface area contributed by atoms with Crippen molar-refractivity contribution in [2.24, 2.45) is 11.6 Å². The molecule has 0 fully saturated rings. The van der Waals surface area contributed by atoms with Crippen molar-refractivity contribution in [3.05, 3.63) is 53.4 Å². The molecule has 0 unspecified atom stereocenters. The van der Waals surface area contributed by atoms with E-state index in [1.807, 2.05) is 0 Å². The molecule has 1 aliphatic heterocycles. The van der Waals surface area contributed by atoms with Crippen LogP contribution >= 0.6 is 0 Å². The summed E-state index contributed by atoms with van der Waals surface area (Å²) < 4.78 is 57.6. The first-order chi connectivity index (χ1) is 12.6. The van der Waals surface area contributed by atoms with Gasteiger partial charge >= 0.3 is 12.1 Å². The topological polar surface area (TPSA) is 138 Å². The molecule has 0 bridgehead atoms. The average molecular weight is 406 g/mol. The van der Waals surface area contributed by atoms with E-state index in [0.29, 0.717) is 0 Å². The molecule has 0 radical (unpaired) electrons. The smallest absolute Gasteiger partial charge is 0.427 e. The van der Waals surface area contributed by atoms with Gasteiger partial charge in [-0.05, 0) is 37.6 Å². The summed E-state index contributed by atoms with van der Waals surface area (Å²) in [4.78, 5) is 3.58. The molecule has 0 spiro atoms. The van der Waals surface area contributed by atoms with Gasteiger partial charge in [0.2, 0.25) is 0 Å². The lowest BCUT2D eigenvalue weighted by molar-refractivity contribution is -0.283. The second kappa shape index (κ2) is 7.05. The first-order valence-corrected chi connectivity index (χ1v) is 7.66. The van der Waals surface area contributed by atoms with E-state index < -0.39 is 35.1 Å². The van der Waals surface area contributed by atoms with Crippen molar-refractivity contribution in [1.29, 1.82) is 0 Å². The van der Waals surface area contributed by atoms with Gasteiger partial charge in [-0.15, -0.1) is 0 Å². The number of rotatable bonds is 4. The van der Waals surface area contributed by atoms with Gasteiger partial charge in [-0.2, -0.15) is 13.2 Å². The van der Waals surface area contributed by atoms with E-state index in [-0.39, 0.29) is 16.8 Å². The zero-order valence-corrected chi connectivity index (χ0v) is 14.7. The lowest BCUT2D eigenvalue weighted by atomic mass is 10.0. The number of ether oxygens (including phenoxy) is 1. The first-order valence-electron chi connectivity index (χ1n) is 7.66. The lowest BCUT2D eigenvalue weighted by Crippen LogP contribution is -2.45. The fourth-order valence-electron chi connectivity index (χ4n) is 2.04. The van der Waals surface area contributed by atoms with Crippen molar-refractivity contribution in [2.45, 2.75) is 31.6 Å². The zero-order valence-electron chi connectivity index (χ0n) is 14.7. The molecule has 0 amide bonds. The minimum absolute atomic E-state index is 0.101. The number of hydrogen-bond donors (Lipinski definition) is 5. The summed E-state index contributed by atoms with van der Waals surface area (Å²) in [6, 6.07) is 0.870. The predicted molar refractivity (Wildman–Crippen MR) is 88.7 cm³/mol. The molecule has 1 aliphatic rings. The summed E-state index contributed by atoms with van der Waals surface area (Å²) in [5.41, 5.74) is 2.06. The van der Waals surface area contributed by atoms with Crippen molar-refractivity contribution in [1.82, 2.24) is 9.99 Å². The standard InChI is InChI=1S/C16H18F4N4O4/c1-14(2,16(18,19)20)28-13-10(17)5-9(7-23-13)8-3-4-24(22)11(6-8)12(21)15(25,26)27/h3-7,25-27H,21-22H2,1-2H3/b12-11-. The van der Waals surface area contributed by atoms with E-state index in [1.54, 1.807) is 0 Å². The van der Waals surface area contributed by atoms with Crippen LogP contribution in [-0.2, 0) is 0 Å². The third-order valence-corrected chi connectivity index (χ3v) is 3.80. The molecule has 0 atom stereocenters. The Balaban J connectivity index is 2.40. The normalized spacial score (nSPS) is 17.5. The van der Waals surface area contributed by atoms with Gasteiger partial charge in [0, 0.05) is 18.0 Å². The van der Waals surface area contributed by atoms with Crippen molar-refractivity contribution >= 4 is 5.57 Å². The summed E-state index contributed by atoms with van der Waals surface area (Å²) in [7, 11) is 0. The molecule has 12 heteroatoms. The van der Waals surface area contributed by atoms with E-state index >= 15 is 0 Å². The summed E-state index contributed by atoms with van der Waals surface area (Å²) >= 11 is 0. The fourth-order valence-corrected chi connectivity index (χ4v) is 2.04. The van der Waals surface area contributed by atoms with Gasteiger partial charge in [0.15, 0.2) is 11.4 Å². The van der Waals surface area contributed by atoms with Gasteiger partial charge in [0.25, 0.3) is 5.88 Å². The number of hydrogen-bond acceptors (Lipinski definition) is 8. The molecule has 154 valence electrons. The summed E-state index contributed by atoms with van der Waals surface area (Å²) in [5, 5.41) is 28.4. The Morgan fingerprint density at radius 1 is 1.21 bits per heavy atom. The minimum atomic E-state index is -4.75. The number of alkyl halides is 3. The molecule has 0 saturated heterocycles. The summed E-state index contributed by atoms with van der Waals surface area (Å²) in [5.74, 6) is 0.239. The highest BCUT2D eigenvalue weighted by Crippen LogP contribution is 2.35. The van der Waals surface area contributed by atoms with Crippen LogP contribution in [0.4, 0.5) is 17.6 Å². The monoisotopic (exact) mass is 406 g/mol. The average Bonchev–Trinajstić information content (AvgIpc) is 2.54. The maximum absolute atomic E-state index is 14.2. The number of nitrogens with zero attached hydrogens (tertiary/aromatic N) is 2. The molecule has 0 aliphatic carbocycles. The quantitative estimate of drug-likeness (QED) is 0.282. The molecule has 28 heavy (non-hydrogen) atoms. The van der Waals surface area contributed by atoms with Crippen LogP contribution in [0.25, 0.3) is 5.57 Å². The van der Waals surface area contributed by atoms with Crippen LogP contribution in [0.5, 0.6) is 5.88 Å². The van der Waals surface area contributed by atoms with Gasteiger partial charge in [0.1, 0.15) is 5.70 Å². The first kappa shape index (κ1) is 21.6. The van der Waals surface area contributed by atoms with Gasteiger partial charge in [0.05, 0.1) is 5.70 Å². The number of aliphatic hydroxyl groups is 3. The second-order valence-corrected chi connectivity index (χ2v) is 6.38. The third-order valence-electron chi connectivity index (χ3n) is 3.80. The van der Waals surface area contributed by atoms with Crippen molar-refractivity contribution in [2.75, 3.05) is 0 Å². The number of aromatic nitrogens is 1. The lowest BCUT2D eigenvalue weighted by Gasteiger charge is -2.28. The highest BCUT2D eigenvalue weighted by Gasteiger charge is 2.50. The highest BCUT2D eigenvalue weighted by atomic mass is 19.4. The van der Waals surface area contributed by atoms with E-state index in [2.05, 4.69) is 9.72 Å². The van der Waals surface area contributed by atoms with E-state index in [4.69, 9.17) is 11.6 Å². The molecule has 7 N–H and O–H groups in total. The van der Waals surface area contributed by atoms with Crippen LogP contribution in [0.1, 0.15) is 19.4 Å². The Bertz CT molecular complexity index is 857. The van der Waals surface area contributed by atoms with Crippen molar-refractivity contribution in [3.63, 3.8) is 0 Å². The third kappa shape index (κ3) is 4.42. The summed E-state index contributed by atoms with van der Waals surface area (Å²) in [6.45, 7) is 1.46. The number of pyridine rings is 1. The molecule has 2 rings (SSSR count). The molecule has 0 saturated carbocycles. The molecule has 0 aromatic carbocycles. The Morgan fingerprint density at radius 2 is 1.82 bits per heavy atom. The maximum Gasteiger partial charge on any atom is 0.427 e. The van der Waals surface area contributed by atoms with Gasteiger partial charge in [-0.1, -0.05) is 0 Å².